The van der Waals surface area contributed by atoms with Crippen molar-refractivity contribution in [3.63, 3.8) is 0 Å². The van der Waals surface area contributed by atoms with E-state index in [2.05, 4.69) is 16.2 Å². The molecule has 3 aromatic rings. The molecule has 3 rings (SSSR count). The molecule has 0 fully saturated rings. The summed E-state index contributed by atoms with van der Waals surface area (Å²) in [4.78, 5) is 4.46. The minimum Gasteiger partial charge on any atom is -0.493 e. The monoisotopic (exact) mass is 282 g/mol. The summed E-state index contributed by atoms with van der Waals surface area (Å²) >= 11 is 1.40. The Morgan fingerprint density at radius 2 is 2.05 bits per heavy atom. The SMILES string of the molecule is Cc1cc(O)n(-c2nc(-c3ccc(C#N)cc3)cs2)n1. The number of aromatic nitrogens is 3. The first-order chi connectivity index (χ1) is 9.67. The van der Waals surface area contributed by atoms with Gasteiger partial charge in [-0.2, -0.15) is 15.0 Å². The highest BCUT2D eigenvalue weighted by Gasteiger charge is 2.11. The molecule has 1 N–H and O–H groups in total. The number of benzene rings is 1. The summed E-state index contributed by atoms with van der Waals surface area (Å²) in [6.07, 6.45) is 0. The van der Waals surface area contributed by atoms with Gasteiger partial charge in [-0.1, -0.05) is 12.1 Å². The van der Waals surface area contributed by atoms with Crippen molar-refractivity contribution in [3.8, 4) is 28.3 Å². The number of hydrogen-bond donors (Lipinski definition) is 1. The molecule has 0 spiro atoms. The fraction of sp³-hybridized carbons (Fsp3) is 0.0714. The van der Waals surface area contributed by atoms with Crippen LogP contribution in [-0.2, 0) is 0 Å². The average Bonchev–Trinajstić information content (AvgIpc) is 3.05. The average molecular weight is 282 g/mol. The van der Waals surface area contributed by atoms with Crippen molar-refractivity contribution in [3.05, 3.63) is 47.0 Å². The second-order valence-corrected chi connectivity index (χ2v) is 5.10. The van der Waals surface area contributed by atoms with Gasteiger partial charge >= 0.3 is 0 Å². The molecule has 0 saturated carbocycles. The number of aromatic hydroxyl groups is 1. The molecule has 20 heavy (non-hydrogen) atoms. The second-order valence-electron chi connectivity index (χ2n) is 4.26. The highest BCUT2D eigenvalue weighted by atomic mass is 32.1. The number of thiazole rings is 1. The van der Waals surface area contributed by atoms with Gasteiger partial charge in [0.15, 0.2) is 0 Å². The largest absolute Gasteiger partial charge is 0.493 e. The van der Waals surface area contributed by atoms with Gasteiger partial charge in [-0.05, 0) is 19.1 Å². The molecule has 98 valence electrons. The topological polar surface area (TPSA) is 74.7 Å². The number of aryl methyl sites for hydroxylation is 1. The lowest BCUT2D eigenvalue weighted by Crippen LogP contribution is -1.95. The van der Waals surface area contributed by atoms with E-state index in [1.165, 1.54) is 16.0 Å². The van der Waals surface area contributed by atoms with E-state index >= 15 is 0 Å². The number of hydrogen-bond acceptors (Lipinski definition) is 5. The first-order valence-electron chi connectivity index (χ1n) is 5.89. The van der Waals surface area contributed by atoms with Crippen molar-refractivity contribution in [2.75, 3.05) is 0 Å². The lowest BCUT2D eigenvalue weighted by molar-refractivity contribution is 0.433. The van der Waals surface area contributed by atoms with Gasteiger partial charge in [0.1, 0.15) is 0 Å². The highest BCUT2D eigenvalue weighted by molar-refractivity contribution is 7.12. The van der Waals surface area contributed by atoms with Gasteiger partial charge in [0.2, 0.25) is 11.0 Å². The fourth-order valence-electron chi connectivity index (χ4n) is 1.84. The van der Waals surface area contributed by atoms with Crippen LogP contribution < -0.4 is 0 Å². The van der Waals surface area contributed by atoms with Crippen molar-refractivity contribution < 1.29 is 5.11 Å². The van der Waals surface area contributed by atoms with E-state index in [4.69, 9.17) is 5.26 Å². The molecule has 0 atom stereocenters. The third-order valence-corrected chi connectivity index (χ3v) is 3.61. The zero-order chi connectivity index (χ0) is 14.1. The normalized spacial score (nSPS) is 10.4. The van der Waals surface area contributed by atoms with Crippen molar-refractivity contribution in [1.82, 2.24) is 14.8 Å². The number of rotatable bonds is 2. The Balaban J connectivity index is 1.97. The van der Waals surface area contributed by atoms with Gasteiger partial charge in [0.25, 0.3) is 0 Å². The Morgan fingerprint density at radius 3 is 2.65 bits per heavy atom. The van der Waals surface area contributed by atoms with Gasteiger partial charge in [-0.25, -0.2) is 4.98 Å². The Hall–Kier alpha value is -2.65. The number of nitrogens with zero attached hydrogens (tertiary/aromatic N) is 4. The molecule has 0 saturated heterocycles. The fourth-order valence-corrected chi connectivity index (χ4v) is 2.63. The van der Waals surface area contributed by atoms with Crippen molar-refractivity contribution in [2.24, 2.45) is 0 Å². The van der Waals surface area contributed by atoms with E-state index in [1.54, 1.807) is 18.2 Å². The lowest BCUT2D eigenvalue weighted by Gasteiger charge is -1.97. The van der Waals surface area contributed by atoms with Crippen LogP contribution in [0, 0.1) is 18.3 Å². The van der Waals surface area contributed by atoms with Gasteiger partial charge in [-0.3, -0.25) is 0 Å². The second kappa shape index (κ2) is 4.79. The van der Waals surface area contributed by atoms with E-state index in [1.807, 2.05) is 24.4 Å². The van der Waals surface area contributed by atoms with Crippen LogP contribution in [0.1, 0.15) is 11.3 Å². The first kappa shape index (κ1) is 12.4. The van der Waals surface area contributed by atoms with E-state index in [-0.39, 0.29) is 5.88 Å². The van der Waals surface area contributed by atoms with Crippen molar-refractivity contribution in [1.29, 1.82) is 5.26 Å². The smallest absolute Gasteiger partial charge is 0.216 e. The third-order valence-electron chi connectivity index (χ3n) is 2.80. The van der Waals surface area contributed by atoms with Crippen LogP contribution in [0.4, 0.5) is 0 Å². The van der Waals surface area contributed by atoms with Crippen molar-refractivity contribution in [2.45, 2.75) is 6.92 Å². The zero-order valence-corrected chi connectivity index (χ0v) is 11.4. The summed E-state index contributed by atoms with van der Waals surface area (Å²) in [5.41, 5.74) is 3.07. The summed E-state index contributed by atoms with van der Waals surface area (Å²) in [6, 6.07) is 10.9. The van der Waals surface area contributed by atoms with E-state index in [9.17, 15) is 5.11 Å². The van der Waals surface area contributed by atoms with Crippen LogP contribution in [-0.4, -0.2) is 19.9 Å². The molecule has 0 unspecified atom stereocenters. The first-order valence-corrected chi connectivity index (χ1v) is 6.77. The highest BCUT2D eigenvalue weighted by Crippen LogP contribution is 2.26. The molecule has 2 aromatic heterocycles. The van der Waals surface area contributed by atoms with Crippen LogP contribution in [0.2, 0.25) is 0 Å². The Labute approximate surface area is 119 Å². The van der Waals surface area contributed by atoms with E-state index < -0.39 is 0 Å². The Morgan fingerprint density at radius 1 is 1.30 bits per heavy atom. The molecule has 0 aliphatic carbocycles. The summed E-state index contributed by atoms with van der Waals surface area (Å²) in [7, 11) is 0. The third kappa shape index (κ3) is 2.15. The maximum absolute atomic E-state index is 9.76. The summed E-state index contributed by atoms with van der Waals surface area (Å²) in [5.74, 6) is 0.0724. The zero-order valence-electron chi connectivity index (χ0n) is 10.6. The van der Waals surface area contributed by atoms with E-state index in [0.29, 0.717) is 10.7 Å². The van der Waals surface area contributed by atoms with E-state index in [0.717, 1.165) is 17.0 Å². The van der Waals surface area contributed by atoms with Crippen molar-refractivity contribution >= 4 is 11.3 Å². The summed E-state index contributed by atoms with van der Waals surface area (Å²) in [6.45, 7) is 1.81. The minimum absolute atomic E-state index is 0.0724. The Kier molecular flexibility index (Phi) is 2.97. The lowest BCUT2D eigenvalue weighted by atomic mass is 10.1. The molecular formula is C14H10N4OS. The molecule has 1 aromatic carbocycles. The molecule has 5 nitrogen and oxygen atoms in total. The maximum atomic E-state index is 9.76. The summed E-state index contributed by atoms with van der Waals surface area (Å²) < 4.78 is 1.41. The van der Waals surface area contributed by atoms with Gasteiger partial charge in [0.05, 0.1) is 23.0 Å². The molecule has 0 aliphatic rings. The minimum atomic E-state index is 0.0724. The molecule has 0 radical (unpaired) electrons. The van der Waals surface area contributed by atoms with Crippen LogP contribution in [0.25, 0.3) is 16.4 Å². The standard InChI is InChI=1S/C14H10N4OS/c1-9-6-13(19)18(17-9)14-16-12(8-20-14)11-4-2-10(7-15)3-5-11/h2-6,8,19H,1H3. The van der Waals surface area contributed by atoms with Crippen LogP contribution in [0.3, 0.4) is 0 Å². The molecular weight excluding hydrogens is 272 g/mol. The van der Waals surface area contributed by atoms with Gasteiger partial charge < -0.3 is 5.11 Å². The van der Waals surface area contributed by atoms with Gasteiger partial charge in [-0.15, -0.1) is 11.3 Å². The molecule has 0 aliphatic heterocycles. The predicted molar refractivity (Wildman–Crippen MR) is 75.8 cm³/mol. The van der Waals surface area contributed by atoms with Crippen LogP contribution in [0.5, 0.6) is 5.88 Å². The predicted octanol–water partition coefficient (Wildman–Crippen LogP) is 2.88. The molecule has 0 amide bonds. The maximum Gasteiger partial charge on any atom is 0.216 e. The van der Waals surface area contributed by atoms with Crippen LogP contribution in [0.15, 0.2) is 35.7 Å². The van der Waals surface area contributed by atoms with Gasteiger partial charge in [0, 0.05) is 17.0 Å². The molecule has 0 bridgehead atoms. The van der Waals surface area contributed by atoms with Crippen LogP contribution >= 0.6 is 11.3 Å². The molecule has 2 heterocycles. The Bertz CT molecular complexity index is 795. The summed E-state index contributed by atoms with van der Waals surface area (Å²) in [5, 5.41) is 25.2. The quantitative estimate of drug-likeness (QED) is 0.784. The molecule has 6 heteroatoms. The number of nitriles is 1.